The Bertz CT molecular complexity index is 3310. The van der Waals surface area contributed by atoms with Gasteiger partial charge in [0.05, 0.1) is 17.1 Å². The van der Waals surface area contributed by atoms with E-state index in [9.17, 15) is 0 Å². The molecule has 1 aliphatic heterocycles. The van der Waals surface area contributed by atoms with E-state index in [1.807, 2.05) is 12.1 Å². The van der Waals surface area contributed by atoms with Gasteiger partial charge in [0.25, 0.3) is 0 Å². The fourth-order valence-corrected chi connectivity index (χ4v) is 9.69. The second-order valence-electron chi connectivity index (χ2n) is 15.7. The number of rotatable bonds is 6. The van der Waals surface area contributed by atoms with Crippen molar-refractivity contribution in [1.29, 1.82) is 0 Å². The molecule has 0 fully saturated rings. The van der Waals surface area contributed by atoms with Crippen LogP contribution in [0.5, 0.6) is 0 Å². The molecule has 9 aromatic carbocycles. The molecule has 3 heteroatoms. The van der Waals surface area contributed by atoms with E-state index < -0.39 is 0 Å². The first-order chi connectivity index (χ1) is 29.3. The molecule has 0 radical (unpaired) electrons. The van der Waals surface area contributed by atoms with Gasteiger partial charge in [-0.1, -0.05) is 164 Å². The summed E-state index contributed by atoms with van der Waals surface area (Å²) >= 11 is 0. The topological polar surface area (TPSA) is 21.3 Å². The minimum atomic E-state index is 0.0910. The monoisotopic (exact) mass is 754 g/mol. The molecular formula is C56H38N2O. The molecule has 2 unspecified atom stereocenters. The number of nitrogens with zero attached hydrogens (tertiary/aromatic N) is 2. The van der Waals surface area contributed by atoms with Crippen molar-refractivity contribution in [2.24, 2.45) is 0 Å². The molecule has 0 bridgehead atoms. The molecule has 1 aliphatic rings. The Morgan fingerprint density at radius 2 is 0.932 bits per heavy atom. The van der Waals surface area contributed by atoms with Gasteiger partial charge < -0.3 is 13.9 Å². The Balaban J connectivity index is 0.905. The van der Waals surface area contributed by atoms with Gasteiger partial charge in [-0.15, -0.1) is 0 Å². The summed E-state index contributed by atoms with van der Waals surface area (Å²) in [4.78, 5) is 2.55. The van der Waals surface area contributed by atoms with Crippen molar-refractivity contribution in [2.45, 2.75) is 12.0 Å². The number of hydrogen-bond donors (Lipinski definition) is 0. The van der Waals surface area contributed by atoms with Crippen molar-refractivity contribution in [3.63, 3.8) is 0 Å². The quantitative estimate of drug-likeness (QED) is 0.169. The van der Waals surface area contributed by atoms with E-state index in [-0.39, 0.29) is 12.0 Å². The first kappa shape index (κ1) is 33.5. The van der Waals surface area contributed by atoms with Gasteiger partial charge in [-0.25, -0.2) is 0 Å². The Morgan fingerprint density at radius 1 is 0.356 bits per heavy atom. The lowest BCUT2D eigenvalue weighted by Gasteiger charge is -2.31. The molecule has 0 aliphatic carbocycles. The van der Waals surface area contributed by atoms with Gasteiger partial charge in [0.2, 0.25) is 0 Å². The number of fused-ring (bicyclic) bond motifs is 7. The first-order valence-corrected chi connectivity index (χ1v) is 20.4. The number of hydrogen-bond acceptors (Lipinski definition) is 2. The lowest BCUT2D eigenvalue weighted by atomic mass is 9.84. The number of furan rings is 1. The summed E-state index contributed by atoms with van der Waals surface area (Å²) in [5.41, 5.74) is 16.5. The molecule has 0 saturated carbocycles. The Hall–Kier alpha value is -7.62. The SMILES string of the molecule is c1ccc(-c2ccc(C3c4ccccc4N(c4ccc(-c5ccc(-n6c7ccccc7c7cc8c(cc76)oc6ccccc68)cc5)cc4)C3c3ccccc3)cc2)cc1. The highest BCUT2D eigenvalue weighted by Gasteiger charge is 2.41. The highest BCUT2D eigenvalue weighted by molar-refractivity contribution is 6.17. The third-order valence-corrected chi connectivity index (χ3v) is 12.4. The second-order valence-corrected chi connectivity index (χ2v) is 15.7. The van der Waals surface area contributed by atoms with Crippen LogP contribution in [0.3, 0.4) is 0 Å². The van der Waals surface area contributed by atoms with Crippen LogP contribution in [-0.4, -0.2) is 4.57 Å². The summed E-state index contributed by atoms with van der Waals surface area (Å²) in [5, 5.41) is 4.76. The van der Waals surface area contributed by atoms with E-state index in [0.717, 1.165) is 33.1 Å². The molecule has 0 saturated heterocycles. The number of para-hydroxylation sites is 3. The molecule has 12 rings (SSSR count). The maximum atomic E-state index is 6.35. The van der Waals surface area contributed by atoms with Crippen molar-refractivity contribution in [3.8, 4) is 27.9 Å². The molecule has 3 nitrogen and oxygen atoms in total. The van der Waals surface area contributed by atoms with Crippen LogP contribution < -0.4 is 4.90 Å². The maximum absolute atomic E-state index is 6.35. The van der Waals surface area contributed by atoms with Crippen molar-refractivity contribution in [3.05, 3.63) is 235 Å². The Kier molecular flexibility index (Phi) is 7.67. The van der Waals surface area contributed by atoms with Gasteiger partial charge >= 0.3 is 0 Å². The molecule has 3 heterocycles. The summed E-state index contributed by atoms with van der Waals surface area (Å²) < 4.78 is 8.72. The van der Waals surface area contributed by atoms with E-state index >= 15 is 0 Å². The zero-order chi connectivity index (χ0) is 38.9. The predicted octanol–water partition coefficient (Wildman–Crippen LogP) is 15.0. The van der Waals surface area contributed by atoms with Crippen LogP contribution in [0, 0.1) is 0 Å². The molecule has 2 aromatic heterocycles. The Morgan fingerprint density at radius 3 is 1.68 bits per heavy atom. The smallest absolute Gasteiger partial charge is 0.137 e. The molecule has 0 amide bonds. The minimum Gasteiger partial charge on any atom is -0.456 e. The molecule has 11 aromatic rings. The highest BCUT2D eigenvalue weighted by Crippen LogP contribution is 2.55. The van der Waals surface area contributed by atoms with Crippen molar-refractivity contribution < 1.29 is 4.42 Å². The lowest BCUT2D eigenvalue weighted by Crippen LogP contribution is -2.22. The third kappa shape index (κ3) is 5.43. The summed E-state index contributed by atoms with van der Waals surface area (Å²) in [7, 11) is 0. The third-order valence-electron chi connectivity index (χ3n) is 12.4. The zero-order valence-corrected chi connectivity index (χ0v) is 32.2. The molecule has 0 N–H and O–H groups in total. The van der Waals surface area contributed by atoms with Gasteiger partial charge in [0.1, 0.15) is 11.2 Å². The highest BCUT2D eigenvalue weighted by atomic mass is 16.3. The zero-order valence-electron chi connectivity index (χ0n) is 32.2. The fraction of sp³-hybridized carbons (Fsp3) is 0.0357. The fourth-order valence-electron chi connectivity index (χ4n) is 9.69. The number of benzene rings is 9. The average Bonchev–Trinajstić information content (AvgIpc) is 3.96. The van der Waals surface area contributed by atoms with Crippen molar-refractivity contribution in [2.75, 3.05) is 4.90 Å². The summed E-state index contributed by atoms with van der Waals surface area (Å²) in [6.07, 6.45) is 0. The number of aromatic nitrogens is 1. The summed E-state index contributed by atoms with van der Waals surface area (Å²) in [5.74, 6) is 0.162. The van der Waals surface area contributed by atoms with E-state index in [0.29, 0.717) is 0 Å². The predicted molar refractivity (Wildman–Crippen MR) is 245 cm³/mol. The molecule has 0 spiro atoms. The van der Waals surface area contributed by atoms with Gasteiger partial charge in [-0.3, -0.25) is 0 Å². The van der Waals surface area contributed by atoms with E-state index in [1.165, 1.54) is 66.6 Å². The van der Waals surface area contributed by atoms with Crippen LogP contribution in [0.2, 0.25) is 0 Å². The summed E-state index contributed by atoms with van der Waals surface area (Å²) in [6, 6.07) is 79.5. The van der Waals surface area contributed by atoms with Gasteiger partial charge in [-0.05, 0) is 87.5 Å². The lowest BCUT2D eigenvalue weighted by molar-refractivity contribution is 0.658. The summed E-state index contributed by atoms with van der Waals surface area (Å²) in [6.45, 7) is 0. The van der Waals surface area contributed by atoms with Crippen LogP contribution in [-0.2, 0) is 0 Å². The second kappa shape index (κ2) is 13.5. The van der Waals surface area contributed by atoms with Crippen LogP contribution in [0.25, 0.3) is 71.7 Å². The van der Waals surface area contributed by atoms with E-state index in [4.69, 9.17) is 4.42 Å². The van der Waals surface area contributed by atoms with Crippen molar-refractivity contribution in [1.82, 2.24) is 4.57 Å². The van der Waals surface area contributed by atoms with Gasteiger partial charge in [-0.2, -0.15) is 0 Å². The van der Waals surface area contributed by atoms with E-state index in [1.54, 1.807) is 0 Å². The molecular weight excluding hydrogens is 717 g/mol. The van der Waals surface area contributed by atoms with Crippen LogP contribution >= 0.6 is 0 Å². The van der Waals surface area contributed by atoms with Crippen molar-refractivity contribution >= 4 is 55.1 Å². The van der Waals surface area contributed by atoms with Gasteiger partial charge in [0.15, 0.2) is 0 Å². The van der Waals surface area contributed by atoms with Crippen LogP contribution in [0.15, 0.2) is 223 Å². The van der Waals surface area contributed by atoms with Crippen LogP contribution in [0.1, 0.15) is 28.7 Å². The first-order valence-electron chi connectivity index (χ1n) is 20.4. The largest absolute Gasteiger partial charge is 0.456 e. The number of anilines is 2. The van der Waals surface area contributed by atoms with E-state index in [2.05, 4.69) is 216 Å². The molecule has 278 valence electrons. The van der Waals surface area contributed by atoms with Gasteiger partial charge in [0, 0.05) is 50.6 Å². The maximum Gasteiger partial charge on any atom is 0.137 e. The van der Waals surface area contributed by atoms with Crippen LogP contribution in [0.4, 0.5) is 11.4 Å². The standard InChI is InChI=1S/C56H38N2O/c1-3-13-37(14-4-1)38-23-25-41(26-24-38)55-47-19-8-11-21-51(47)58(56(55)42-15-5-2-6-16-42)44-33-29-40(30-34-44)39-27-31-43(32-28-39)57-50-20-10-7-17-45(50)48-35-49-46-18-9-12-22-53(46)59-54(49)36-52(48)57/h1-36,55-56H. The molecule has 59 heavy (non-hydrogen) atoms. The minimum absolute atomic E-state index is 0.0910. The normalized spacial score (nSPS) is 15.1. The Labute approximate surface area is 342 Å². The molecule has 2 atom stereocenters. The average molecular weight is 755 g/mol.